The molecule has 0 saturated carbocycles. The highest BCUT2D eigenvalue weighted by molar-refractivity contribution is 7.51. The van der Waals surface area contributed by atoms with Crippen LogP contribution in [0.15, 0.2) is 0 Å². The summed E-state index contributed by atoms with van der Waals surface area (Å²) in [5.41, 5.74) is 0. The Morgan fingerprint density at radius 3 is 2.56 bits per heavy atom. The molecule has 0 unspecified atom stereocenters. The molecule has 0 rings (SSSR count). The van der Waals surface area contributed by atoms with Gasteiger partial charge < -0.3 is 14.5 Å². The second-order valence-corrected chi connectivity index (χ2v) is 3.10. The summed E-state index contributed by atoms with van der Waals surface area (Å²) in [6.07, 6.45) is 0.895. The van der Waals surface area contributed by atoms with Crippen LogP contribution in [0.1, 0.15) is 0 Å². The molecule has 0 radical (unpaired) electrons. The van der Waals surface area contributed by atoms with Crippen LogP contribution in [0.25, 0.3) is 0 Å². The Kier molecular flexibility index (Phi) is 3.25. The molecule has 52 valence electrons. The van der Waals surface area contributed by atoms with E-state index in [0.717, 1.165) is 0 Å². The zero-order chi connectivity index (χ0) is 7.33. The molecule has 0 aromatic carbocycles. The fraction of sp³-hybridized carbons (Fsp3) is 0.667. The third-order valence-corrected chi connectivity index (χ3v) is 1.31. The topological polar surface area (TPSA) is 90.5 Å². The normalized spacial score (nSPS) is 10.3. The van der Waals surface area contributed by atoms with Crippen LogP contribution in [-0.2, 0) is 9.30 Å². The number of rotatable bonds is 3. The van der Waals surface area contributed by atoms with Gasteiger partial charge in [0.25, 0.3) is 6.26 Å². The Morgan fingerprint density at radius 1 is 1.67 bits per heavy atom. The second kappa shape index (κ2) is 3.46. The first-order valence-corrected chi connectivity index (χ1v) is 3.91. The molecule has 6 heteroatoms. The van der Waals surface area contributed by atoms with Crippen molar-refractivity contribution in [1.82, 2.24) is 0 Å². The van der Waals surface area contributed by atoms with Crippen molar-refractivity contribution in [2.75, 3.05) is 12.8 Å². The Balaban J connectivity index is 3.32. The highest BCUT2D eigenvalue weighted by Crippen LogP contribution is 2.33. The third-order valence-electron chi connectivity index (χ3n) is 0.549. The van der Waals surface area contributed by atoms with E-state index >= 15 is 0 Å². The van der Waals surface area contributed by atoms with Gasteiger partial charge in [0, 0.05) is 0 Å². The largest absolute Gasteiger partial charge is 0.427 e. The Bertz CT molecular complexity index is 156. The van der Waals surface area contributed by atoms with Gasteiger partial charge in [0.15, 0.2) is 0 Å². The van der Waals surface area contributed by atoms with Crippen LogP contribution in [0.2, 0.25) is 0 Å². The van der Waals surface area contributed by atoms with Crippen molar-refractivity contribution >= 4 is 7.60 Å². The third kappa shape index (κ3) is 7.44. The van der Waals surface area contributed by atoms with Crippen molar-refractivity contribution in [1.29, 1.82) is 5.26 Å². The fourth-order valence-corrected chi connectivity index (χ4v) is 0.539. The van der Waals surface area contributed by atoms with Gasteiger partial charge in [-0.25, -0.2) is 0 Å². The Hall–Kier alpha value is -0.560. The van der Waals surface area contributed by atoms with Crippen molar-refractivity contribution in [3.05, 3.63) is 0 Å². The summed E-state index contributed by atoms with van der Waals surface area (Å²) in [7, 11) is -3.97. The van der Waals surface area contributed by atoms with Crippen LogP contribution in [0, 0.1) is 11.5 Å². The SMILES string of the molecule is N#COCCP(=O)(O)O. The van der Waals surface area contributed by atoms with Crippen LogP contribution < -0.4 is 0 Å². The highest BCUT2D eigenvalue weighted by atomic mass is 31.2. The lowest BCUT2D eigenvalue weighted by Crippen LogP contribution is -1.95. The molecule has 0 bridgehead atoms. The van der Waals surface area contributed by atoms with Crippen LogP contribution in [-0.4, -0.2) is 22.6 Å². The molecule has 0 amide bonds. The molecular formula is C3H6NO4P. The molecule has 0 fully saturated rings. The molecule has 0 atom stereocenters. The minimum Gasteiger partial charge on any atom is -0.427 e. The smallest absolute Gasteiger partial charge is 0.329 e. The minimum atomic E-state index is -3.97. The van der Waals surface area contributed by atoms with E-state index in [9.17, 15) is 4.57 Å². The van der Waals surface area contributed by atoms with E-state index in [2.05, 4.69) is 4.74 Å². The summed E-state index contributed by atoms with van der Waals surface area (Å²) < 4.78 is 14.0. The van der Waals surface area contributed by atoms with Gasteiger partial charge in [-0.15, -0.1) is 0 Å². The summed E-state index contributed by atoms with van der Waals surface area (Å²) in [5.74, 6) is 0. The first-order valence-electron chi connectivity index (χ1n) is 2.12. The van der Waals surface area contributed by atoms with E-state index in [1.54, 1.807) is 0 Å². The number of hydrogen-bond acceptors (Lipinski definition) is 3. The van der Waals surface area contributed by atoms with Crippen LogP contribution in [0.5, 0.6) is 0 Å². The average molecular weight is 151 g/mol. The number of hydrogen-bond donors (Lipinski definition) is 2. The van der Waals surface area contributed by atoms with Gasteiger partial charge >= 0.3 is 7.60 Å². The van der Waals surface area contributed by atoms with Crippen molar-refractivity contribution in [3.63, 3.8) is 0 Å². The highest BCUT2D eigenvalue weighted by Gasteiger charge is 2.11. The van der Waals surface area contributed by atoms with Gasteiger partial charge in [-0.3, -0.25) is 4.57 Å². The van der Waals surface area contributed by atoms with Crippen molar-refractivity contribution < 1.29 is 19.1 Å². The first kappa shape index (κ1) is 8.44. The maximum atomic E-state index is 10.0. The number of ether oxygens (including phenoxy) is 1. The Labute approximate surface area is 52.0 Å². The van der Waals surface area contributed by atoms with Gasteiger partial charge in [-0.1, -0.05) is 0 Å². The van der Waals surface area contributed by atoms with Gasteiger partial charge in [-0.05, 0) is 0 Å². The maximum absolute atomic E-state index is 10.0. The molecule has 0 aliphatic carbocycles. The molecular weight excluding hydrogens is 145 g/mol. The molecule has 9 heavy (non-hydrogen) atoms. The van der Waals surface area contributed by atoms with Crippen LogP contribution in [0.4, 0.5) is 0 Å². The van der Waals surface area contributed by atoms with Crippen molar-refractivity contribution in [2.24, 2.45) is 0 Å². The van der Waals surface area contributed by atoms with Gasteiger partial charge in [0.2, 0.25) is 0 Å². The summed E-state index contributed by atoms with van der Waals surface area (Å²) in [5, 5.41) is 7.74. The van der Waals surface area contributed by atoms with E-state index in [0.29, 0.717) is 0 Å². The van der Waals surface area contributed by atoms with E-state index in [1.807, 2.05) is 0 Å². The lowest BCUT2D eigenvalue weighted by Gasteiger charge is -1.98. The second-order valence-electron chi connectivity index (χ2n) is 1.33. The summed E-state index contributed by atoms with van der Waals surface area (Å²) in [4.78, 5) is 16.3. The van der Waals surface area contributed by atoms with Gasteiger partial charge in [0.05, 0.1) is 6.16 Å². The standard InChI is InChI=1S/C3H6NO4P/c4-3-8-1-2-9(5,6)7/h1-2H2,(H2,5,6,7). The lowest BCUT2D eigenvalue weighted by molar-refractivity contribution is 0.278. The van der Waals surface area contributed by atoms with E-state index < -0.39 is 13.8 Å². The predicted molar refractivity (Wildman–Crippen MR) is 28.5 cm³/mol. The van der Waals surface area contributed by atoms with E-state index in [4.69, 9.17) is 15.0 Å². The molecule has 0 spiro atoms. The summed E-state index contributed by atoms with van der Waals surface area (Å²) >= 11 is 0. The fourth-order valence-electron chi connectivity index (χ4n) is 0.210. The molecule has 2 N–H and O–H groups in total. The molecule has 0 aliphatic heterocycles. The maximum Gasteiger partial charge on any atom is 0.329 e. The van der Waals surface area contributed by atoms with E-state index in [-0.39, 0.29) is 6.61 Å². The van der Waals surface area contributed by atoms with Crippen LogP contribution >= 0.6 is 7.60 Å². The van der Waals surface area contributed by atoms with E-state index in [1.165, 1.54) is 6.26 Å². The number of nitrogens with zero attached hydrogens (tertiary/aromatic N) is 1. The zero-order valence-electron chi connectivity index (χ0n) is 4.52. The summed E-state index contributed by atoms with van der Waals surface area (Å²) in [6.45, 7) is -0.221. The van der Waals surface area contributed by atoms with Gasteiger partial charge in [-0.2, -0.15) is 5.26 Å². The molecule has 0 heterocycles. The number of nitriles is 1. The predicted octanol–water partition coefficient (Wildman–Crippen LogP) is -0.338. The minimum absolute atomic E-state index is 0.221. The van der Waals surface area contributed by atoms with Gasteiger partial charge in [0.1, 0.15) is 6.61 Å². The first-order chi connectivity index (χ1) is 4.06. The molecule has 0 saturated heterocycles. The molecule has 0 aromatic rings. The molecule has 0 aliphatic rings. The van der Waals surface area contributed by atoms with Crippen molar-refractivity contribution in [2.45, 2.75) is 0 Å². The average Bonchev–Trinajstić information content (AvgIpc) is 1.63. The quantitative estimate of drug-likeness (QED) is 0.327. The molecule has 0 aromatic heterocycles. The summed E-state index contributed by atoms with van der Waals surface area (Å²) in [6, 6.07) is 0. The van der Waals surface area contributed by atoms with Crippen LogP contribution in [0.3, 0.4) is 0 Å². The monoisotopic (exact) mass is 151 g/mol. The lowest BCUT2D eigenvalue weighted by atomic mass is 10.9. The van der Waals surface area contributed by atoms with Crippen molar-refractivity contribution in [3.8, 4) is 6.26 Å². The zero-order valence-corrected chi connectivity index (χ0v) is 5.41. The Morgan fingerprint density at radius 2 is 2.22 bits per heavy atom. The molecule has 5 nitrogen and oxygen atoms in total.